The third-order valence-corrected chi connectivity index (χ3v) is 6.99. The van der Waals surface area contributed by atoms with Crippen molar-refractivity contribution in [3.63, 3.8) is 0 Å². The molecule has 0 radical (unpaired) electrons. The number of hydrogen-bond donors (Lipinski definition) is 1. The van der Waals surface area contributed by atoms with Gasteiger partial charge in [0.15, 0.2) is 10.8 Å². The predicted octanol–water partition coefficient (Wildman–Crippen LogP) is 3.56. The molecule has 1 aliphatic rings. The van der Waals surface area contributed by atoms with Crippen molar-refractivity contribution < 1.29 is 4.79 Å². The highest BCUT2D eigenvalue weighted by Crippen LogP contribution is 2.29. The highest BCUT2D eigenvalue weighted by Gasteiger charge is 2.23. The van der Waals surface area contributed by atoms with Crippen molar-refractivity contribution in [2.75, 3.05) is 23.3 Å². The van der Waals surface area contributed by atoms with Crippen molar-refractivity contribution in [3.05, 3.63) is 50.1 Å². The van der Waals surface area contributed by atoms with E-state index in [0.29, 0.717) is 27.7 Å². The maximum Gasteiger partial charge on any atom is 0.333 e. The van der Waals surface area contributed by atoms with Gasteiger partial charge in [-0.2, -0.15) is 0 Å². The average molecular weight is 476 g/mol. The first-order valence-electron chi connectivity index (χ1n) is 10.8. The van der Waals surface area contributed by atoms with Gasteiger partial charge in [0.1, 0.15) is 11.2 Å². The van der Waals surface area contributed by atoms with E-state index >= 15 is 0 Å². The lowest BCUT2D eigenvalue weighted by Gasteiger charge is -2.29. The van der Waals surface area contributed by atoms with E-state index in [4.69, 9.17) is 11.6 Å². The van der Waals surface area contributed by atoms with E-state index in [1.54, 1.807) is 24.3 Å². The molecule has 1 N–H and O–H groups in total. The number of nitrogens with one attached hydrogen (secondary N) is 1. The van der Waals surface area contributed by atoms with Crippen LogP contribution in [0.15, 0.2) is 33.9 Å². The number of benzene rings is 1. The molecule has 4 rings (SSSR count). The molecule has 10 heteroatoms. The van der Waals surface area contributed by atoms with Crippen LogP contribution in [0.3, 0.4) is 0 Å². The Hall–Kier alpha value is -2.65. The molecule has 0 unspecified atom stereocenters. The molecule has 3 aromatic rings. The minimum absolute atomic E-state index is 0.244. The Balaban J connectivity index is 1.73. The number of thiazole rings is 1. The molecule has 0 aliphatic carbocycles. The lowest BCUT2D eigenvalue weighted by molar-refractivity contribution is -0.116. The van der Waals surface area contributed by atoms with Gasteiger partial charge in [-0.15, -0.1) is 0 Å². The number of aromatic nitrogens is 3. The van der Waals surface area contributed by atoms with Crippen LogP contribution in [0.5, 0.6) is 0 Å². The van der Waals surface area contributed by atoms with Crippen LogP contribution >= 0.6 is 22.9 Å². The van der Waals surface area contributed by atoms with Gasteiger partial charge in [0.25, 0.3) is 5.56 Å². The largest absolute Gasteiger partial charge is 0.348 e. The summed E-state index contributed by atoms with van der Waals surface area (Å²) in [5.74, 6) is 0.273. The lowest BCUT2D eigenvalue weighted by atomic mass is 10.00. The van der Waals surface area contributed by atoms with E-state index in [9.17, 15) is 14.4 Å². The fourth-order valence-electron chi connectivity index (χ4n) is 3.88. The first-order valence-corrected chi connectivity index (χ1v) is 12.0. The summed E-state index contributed by atoms with van der Waals surface area (Å²) in [5.41, 5.74) is -0.0514. The van der Waals surface area contributed by atoms with Crippen LogP contribution in [0, 0.1) is 5.92 Å². The van der Waals surface area contributed by atoms with E-state index in [-0.39, 0.29) is 24.3 Å². The van der Waals surface area contributed by atoms with Crippen LogP contribution in [0.2, 0.25) is 5.02 Å². The number of halogens is 1. The molecule has 1 saturated heterocycles. The molecule has 3 heterocycles. The number of rotatable bonds is 6. The Kier molecular flexibility index (Phi) is 6.66. The summed E-state index contributed by atoms with van der Waals surface area (Å²) in [6.45, 7) is 5.91. The molecule has 2 aromatic heterocycles. The average Bonchev–Trinajstić information content (AvgIpc) is 3.20. The molecule has 170 valence electrons. The van der Waals surface area contributed by atoms with E-state index in [1.165, 1.54) is 20.5 Å². The van der Waals surface area contributed by atoms with E-state index < -0.39 is 11.6 Å². The Morgan fingerprint density at radius 3 is 2.69 bits per heavy atom. The van der Waals surface area contributed by atoms with Gasteiger partial charge in [0.05, 0.1) is 0 Å². The number of carbonyl (C=O) groups excluding carboxylic acids is 1. The smallest absolute Gasteiger partial charge is 0.333 e. The maximum absolute atomic E-state index is 13.1. The van der Waals surface area contributed by atoms with Crippen LogP contribution in [-0.4, -0.2) is 33.1 Å². The second-order valence-corrected chi connectivity index (χ2v) is 9.62. The third-order valence-electron chi connectivity index (χ3n) is 5.67. The number of carbonyl (C=O) groups is 1. The van der Waals surface area contributed by atoms with Gasteiger partial charge in [0, 0.05) is 30.3 Å². The van der Waals surface area contributed by atoms with Gasteiger partial charge in [-0.05, 0) is 43.4 Å². The van der Waals surface area contributed by atoms with E-state index in [2.05, 4.69) is 22.1 Å². The van der Waals surface area contributed by atoms with Crippen LogP contribution in [0.1, 0.15) is 33.1 Å². The topological polar surface area (TPSA) is 89.2 Å². The van der Waals surface area contributed by atoms with Crippen molar-refractivity contribution in [3.8, 4) is 0 Å². The third kappa shape index (κ3) is 4.59. The molecule has 1 aliphatic heterocycles. The van der Waals surface area contributed by atoms with Gasteiger partial charge >= 0.3 is 5.69 Å². The van der Waals surface area contributed by atoms with Gasteiger partial charge < -0.3 is 10.2 Å². The zero-order valence-corrected chi connectivity index (χ0v) is 19.7. The molecular weight excluding hydrogens is 450 g/mol. The summed E-state index contributed by atoms with van der Waals surface area (Å²) in [5, 5.41) is 3.98. The van der Waals surface area contributed by atoms with Crippen LogP contribution in [0.4, 0.5) is 10.8 Å². The molecule has 32 heavy (non-hydrogen) atoms. The van der Waals surface area contributed by atoms with Crippen molar-refractivity contribution in [2.45, 2.75) is 46.2 Å². The molecule has 0 bridgehead atoms. The summed E-state index contributed by atoms with van der Waals surface area (Å²) in [7, 11) is 0. The van der Waals surface area contributed by atoms with Crippen LogP contribution < -0.4 is 21.5 Å². The zero-order chi connectivity index (χ0) is 22.8. The Morgan fingerprint density at radius 1 is 1.25 bits per heavy atom. The molecule has 1 fully saturated rings. The standard InChI is InChI=1S/C22H26ClN5O3S/c1-3-9-27-20(30)18-19(25-21(32-18)26-10-7-14(2)8-11-26)28(22(27)31)13-17(29)24-16-6-4-5-15(23)12-16/h4-6,12,14H,3,7-11,13H2,1-2H3,(H,24,29). The van der Waals surface area contributed by atoms with Gasteiger partial charge in [-0.1, -0.05) is 42.9 Å². The van der Waals surface area contributed by atoms with Crippen molar-refractivity contribution in [1.29, 1.82) is 0 Å². The first-order chi connectivity index (χ1) is 15.4. The minimum Gasteiger partial charge on any atom is -0.348 e. The second-order valence-electron chi connectivity index (χ2n) is 8.20. The number of amides is 1. The summed E-state index contributed by atoms with van der Waals surface area (Å²) in [6, 6.07) is 6.80. The molecular formula is C22H26ClN5O3S. The zero-order valence-electron chi connectivity index (χ0n) is 18.1. The number of fused-ring (bicyclic) bond motifs is 1. The first kappa shape index (κ1) is 22.5. The summed E-state index contributed by atoms with van der Waals surface area (Å²) in [4.78, 5) is 45.7. The van der Waals surface area contributed by atoms with Crippen molar-refractivity contribution in [1.82, 2.24) is 14.1 Å². The van der Waals surface area contributed by atoms with Crippen molar-refractivity contribution in [2.24, 2.45) is 5.92 Å². The molecule has 1 aromatic carbocycles. The van der Waals surface area contributed by atoms with E-state index in [1.807, 2.05) is 6.92 Å². The van der Waals surface area contributed by atoms with Crippen LogP contribution in [-0.2, 0) is 17.9 Å². The number of piperidine rings is 1. The van der Waals surface area contributed by atoms with E-state index in [0.717, 1.165) is 31.1 Å². The second kappa shape index (κ2) is 9.46. The summed E-state index contributed by atoms with van der Waals surface area (Å²) >= 11 is 7.29. The minimum atomic E-state index is -0.519. The fourth-order valence-corrected chi connectivity index (χ4v) is 5.14. The number of hydrogen-bond acceptors (Lipinski definition) is 6. The number of anilines is 2. The normalized spacial score (nSPS) is 14.8. The van der Waals surface area contributed by atoms with Crippen LogP contribution in [0.25, 0.3) is 10.3 Å². The Morgan fingerprint density at radius 2 is 2.00 bits per heavy atom. The summed E-state index contributed by atoms with van der Waals surface area (Å²) in [6.07, 6.45) is 2.75. The monoisotopic (exact) mass is 475 g/mol. The molecule has 0 atom stereocenters. The molecule has 1 amide bonds. The Labute approximate surface area is 194 Å². The predicted molar refractivity (Wildman–Crippen MR) is 129 cm³/mol. The molecule has 0 spiro atoms. The molecule has 0 saturated carbocycles. The number of nitrogens with zero attached hydrogens (tertiary/aromatic N) is 4. The lowest BCUT2D eigenvalue weighted by Crippen LogP contribution is -2.41. The van der Waals surface area contributed by atoms with Gasteiger partial charge in [-0.3, -0.25) is 18.7 Å². The Bertz CT molecular complexity index is 1260. The van der Waals surface area contributed by atoms with Crippen molar-refractivity contribution >= 4 is 50.0 Å². The SMILES string of the molecule is CCCn1c(=O)c2sc(N3CCC(C)CC3)nc2n(CC(=O)Nc2cccc(Cl)c2)c1=O. The van der Waals surface area contributed by atoms with Gasteiger partial charge in [-0.25, -0.2) is 9.78 Å². The summed E-state index contributed by atoms with van der Waals surface area (Å²) < 4.78 is 2.91. The molecule has 8 nitrogen and oxygen atoms in total. The highest BCUT2D eigenvalue weighted by molar-refractivity contribution is 7.22. The highest BCUT2D eigenvalue weighted by atomic mass is 35.5. The van der Waals surface area contributed by atoms with Gasteiger partial charge in [0.2, 0.25) is 5.91 Å². The quantitative estimate of drug-likeness (QED) is 0.588. The maximum atomic E-state index is 13.1. The fraction of sp³-hybridized carbons (Fsp3) is 0.455.